The van der Waals surface area contributed by atoms with E-state index in [0.29, 0.717) is 12.2 Å². The van der Waals surface area contributed by atoms with Crippen LogP contribution in [0.25, 0.3) is 11.3 Å². The highest BCUT2D eigenvalue weighted by atomic mass is 79.9. The van der Waals surface area contributed by atoms with E-state index < -0.39 is 5.97 Å². The number of benzene rings is 1. The van der Waals surface area contributed by atoms with E-state index in [-0.39, 0.29) is 11.8 Å². The highest BCUT2D eigenvalue weighted by Crippen LogP contribution is 2.46. The van der Waals surface area contributed by atoms with E-state index in [4.69, 9.17) is 5.11 Å². The van der Waals surface area contributed by atoms with Crippen molar-refractivity contribution in [2.45, 2.75) is 19.3 Å². The molecule has 0 radical (unpaired) electrons. The van der Waals surface area contributed by atoms with Crippen LogP contribution in [-0.2, 0) is 4.79 Å². The Balaban J connectivity index is 1.97. The Morgan fingerprint density at radius 1 is 1.35 bits per heavy atom. The number of carboxylic acids is 1. The fourth-order valence-corrected chi connectivity index (χ4v) is 2.71. The number of aromatic nitrogens is 2. The summed E-state index contributed by atoms with van der Waals surface area (Å²) in [6.07, 6.45) is 0.636. The molecule has 3 rings (SSSR count). The van der Waals surface area contributed by atoms with Crippen molar-refractivity contribution in [3.05, 3.63) is 46.3 Å². The lowest BCUT2D eigenvalue weighted by atomic mass is 10.1. The third-order valence-corrected chi connectivity index (χ3v) is 3.92. The zero-order valence-corrected chi connectivity index (χ0v) is 12.5. The fourth-order valence-electron chi connectivity index (χ4n) is 2.31. The van der Waals surface area contributed by atoms with Crippen LogP contribution in [0.5, 0.6) is 0 Å². The van der Waals surface area contributed by atoms with Gasteiger partial charge in [0, 0.05) is 21.6 Å². The van der Waals surface area contributed by atoms with E-state index >= 15 is 0 Å². The van der Waals surface area contributed by atoms with E-state index in [2.05, 4.69) is 25.9 Å². The zero-order chi connectivity index (χ0) is 14.3. The van der Waals surface area contributed by atoms with E-state index in [9.17, 15) is 4.79 Å². The summed E-state index contributed by atoms with van der Waals surface area (Å²) in [6, 6.07) is 9.81. The van der Waals surface area contributed by atoms with Gasteiger partial charge in [0.05, 0.1) is 11.6 Å². The van der Waals surface area contributed by atoms with Crippen molar-refractivity contribution >= 4 is 21.9 Å². The van der Waals surface area contributed by atoms with Crippen molar-refractivity contribution in [2.75, 3.05) is 0 Å². The minimum atomic E-state index is -0.760. The number of carbonyl (C=O) groups is 1. The molecule has 1 fully saturated rings. The normalized spacial score (nSPS) is 20.7. The lowest BCUT2D eigenvalue weighted by molar-refractivity contribution is -0.138. The quantitative estimate of drug-likeness (QED) is 0.935. The van der Waals surface area contributed by atoms with Crippen molar-refractivity contribution < 1.29 is 9.90 Å². The average Bonchev–Trinajstić information content (AvgIpc) is 3.18. The number of hydrogen-bond donors (Lipinski definition) is 1. The number of halogens is 1. The van der Waals surface area contributed by atoms with E-state index in [1.165, 1.54) is 0 Å². The van der Waals surface area contributed by atoms with Gasteiger partial charge in [-0.15, -0.1) is 0 Å². The first-order chi connectivity index (χ1) is 9.54. The van der Waals surface area contributed by atoms with Crippen LogP contribution in [0.1, 0.15) is 23.9 Å². The van der Waals surface area contributed by atoms with Crippen molar-refractivity contribution in [1.29, 1.82) is 0 Å². The van der Waals surface area contributed by atoms with E-state index in [1.807, 2.05) is 37.3 Å². The smallest absolute Gasteiger partial charge is 0.307 e. The first-order valence-electron chi connectivity index (χ1n) is 6.39. The summed E-state index contributed by atoms with van der Waals surface area (Å²) < 4.78 is 0.989. The van der Waals surface area contributed by atoms with Gasteiger partial charge in [0.1, 0.15) is 5.82 Å². The van der Waals surface area contributed by atoms with Gasteiger partial charge in [-0.05, 0) is 31.5 Å². The largest absolute Gasteiger partial charge is 0.481 e. The van der Waals surface area contributed by atoms with Gasteiger partial charge in [0.15, 0.2) is 0 Å². The number of nitrogens with zero attached hydrogens (tertiary/aromatic N) is 2. The molecule has 1 saturated carbocycles. The summed E-state index contributed by atoms with van der Waals surface area (Å²) in [7, 11) is 0. The number of rotatable bonds is 3. The van der Waals surface area contributed by atoms with Gasteiger partial charge in [-0.2, -0.15) is 0 Å². The highest BCUT2D eigenvalue weighted by Gasteiger charge is 2.46. The highest BCUT2D eigenvalue weighted by molar-refractivity contribution is 9.10. The summed E-state index contributed by atoms with van der Waals surface area (Å²) in [5.41, 5.74) is 2.70. The maximum atomic E-state index is 11.0. The SMILES string of the molecule is Cc1cc(-c2cccc(Br)c2)nc(C2CC2C(=O)O)n1. The van der Waals surface area contributed by atoms with Crippen LogP contribution >= 0.6 is 15.9 Å². The Hall–Kier alpha value is -1.75. The second-order valence-corrected chi connectivity index (χ2v) is 5.97. The molecule has 1 heterocycles. The zero-order valence-electron chi connectivity index (χ0n) is 10.9. The maximum Gasteiger partial charge on any atom is 0.307 e. The minimum absolute atomic E-state index is 0.0432. The summed E-state index contributed by atoms with van der Waals surface area (Å²) in [5.74, 6) is -0.484. The molecule has 0 saturated heterocycles. The summed E-state index contributed by atoms with van der Waals surface area (Å²) in [6.45, 7) is 1.91. The van der Waals surface area contributed by atoms with Gasteiger partial charge in [-0.1, -0.05) is 28.1 Å². The molecule has 2 aromatic rings. The second-order valence-electron chi connectivity index (χ2n) is 5.05. The van der Waals surface area contributed by atoms with Gasteiger partial charge in [0.25, 0.3) is 0 Å². The van der Waals surface area contributed by atoms with E-state index in [0.717, 1.165) is 21.4 Å². The second kappa shape index (κ2) is 4.98. The third-order valence-electron chi connectivity index (χ3n) is 3.43. The van der Waals surface area contributed by atoms with Gasteiger partial charge in [0.2, 0.25) is 0 Å². The van der Waals surface area contributed by atoms with Gasteiger partial charge >= 0.3 is 5.97 Å². The van der Waals surface area contributed by atoms with Gasteiger partial charge in [-0.25, -0.2) is 9.97 Å². The summed E-state index contributed by atoms with van der Waals surface area (Å²) in [4.78, 5) is 19.9. The molecule has 2 unspecified atom stereocenters. The van der Waals surface area contributed by atoms with Crippen LogP contribution in [0.4, 0.5) is 0 Å². The summed E-state index contributed by atoms with van der Waals surface area (Å²) in [5, 5.41) is 9.02. The number of carboxylic acid groups (broad SMARTS) is 1. The molecule has 0 bridgehead atoms. The lowest BCUT2D eigenvalue weighted by Gasteiger charge is -2.06. The van der Waals surface area contributed by atoms with Crippen molar-refractivity contribution in [3.63, 3.8) is 0 Å². The molecule has 4 nitrogen and oxygen atoms in total. The number of aliphatic carboxylic acids is 1. The van der Waals surface area contributed by atoms with Crippen LogP contribution in [-0.4, -0.2) is 21.0 Å². The van der Waals surface area contributed by atoms with Crippen molar-refractivity contribution in [1.82, 2.24) is 9.97 Å². The van der Waals surface area contributed by atoms with Crippen molar-refractivity contribution in [2.24, 2.45) is 5.92 Å². The molecular weight excluding hydrogens is 320 g/mol. The van der Waals surface area contributed by atoms with E-state index in [1.54, 1.807) is 0 Å². The first-order valence-corrected chi connectivity index (χ1v) is 7.18. The molecule has 0 spiro atoms. The third kappa shape index (κ3) is 2.58. The molecule has 1 aliphatic carbocycles. The minimum Gasteiger partial charge on any atom is -0.481 e. The average molecular weight is 333 g/mol. The maximum absolute atomic E-state index is 11.0. The van der Waals surface area contributed by atoms with Gasteiger partial charge in [-0.3, -0.25) is 4.79 Å². The number of aryl methyl sites for hydroxylation is 1. The van der Waals surface area contributed by atoms with Crippen LogP contribution < -0.4 is 0 Å². The Morgan fingerprint density at radius 2 is 2.15 bits per heavy atom. The fraction of sp³-hybridized carbons (Fsp3) is 0.267. The van der Waals surface area contributed by atoms with Crippen molar-refractivity contribution in [3.8, 4) is 11.3 Å². The molecule has 102 valence electrons. The van der Waals surface area contributed by atoms with Crippen LogP contribution in [0.2, 0.25) is 0 Å². The van der Waals surface area contributed by atoms with Gasteiger partial charge < -0.3 is 5.11 Å². The molecule has 1 aromatic carbocycles. The molecule has 0 aliphatic heterocycles. The topological polar surface area (TPSA) is 63.1 Å². The molecule has 0 amide bonds. The Labute approximate surface area is 125 Å². The van der Waals surface area contributed by atoms with Crippen LogP contribution in [0.3, 0.4) is 0 Å². The molecule has 20 heavy (non-hydrogen) atoms. The van der Waals surface area contributed by atoms with Crippen LogP contribution in [0, 0.1) is 12.8 Å². The molecule has 1 aromatic heterocycles. The molecule has 1 aliphatic rings. The Morgan fingerprint density at radius 3 is 2.80 bits per heavy atom. The predicted octanol–water partition coefficient (Wildman–Crippen LogP) is 3.40. The molecule has 5 heteroatoms. The molecular formula is C15H13BrN2O2. The molecule has 2 atom stereocenters. The summed E-state index contributed by atoms with van der Waals surface area (Å²) >= 11 is 3.45. The number of hydrogen-bond acceptors (Lipinski definition) is 3. The lowest BCUT2D eigenvalue weighted by Crippen LogP contribution is -2.03. The predicted molar refractivity (Wildman–Crippen MR) is 78.4 cm³/mol. The van der Waals surface area contributed by atoms with Crippen LogP contribution in [0.15, 0.2) is 34.8 Å². The first kappa shape index (κ1) is 13.2. The standard InChI is InChI=1S/C15H13BrN2O2/c1-8-5-13(9-3-2-4-10(16)6-9)18-14(17-8)11-7-12(11)15(19)20/h2-6,11-12H,7H2,1H3,(H,19,20). The Bertz CT molecular complexity index is 687. The monoisotopic (exact) mass is 332 g/mol. The Kier molecular flexibility index (Phi) is 3.30. The molecule has 1 N–H and O–H groups in total.